The quantitative estimate of drug-likeness (QED) is 0.696. The van der Waals surface area contributed by atoms with Crippen molar-refractivity contribution in [1.82, 2.24) is 14.7 Å². The van der Waals surface area contributed by atoms with Gasteiger partial charge in [-0.05, 0) is 81.9 Å². The van der Waals surface area contributed by atoms with E-state index >= 15 is 0 Å². The number of amides is 1. The van der Waals surface area contributed by atoms with Gasteiger partial charge in [0.25, 0.3) is 5.91 Å². The summed E-state index contributed by atoms with van der Waals surface area (Å²) in [5.74, 6) is 0.466. The fourth-order valence-corrected chi connectivity index (χ4v) is 3.64. The zero-order valence-electron chi connectivity index (χ0n) is 17.4. The fraction of sp³-hybridized carbons (Fsp3) is 0.200. The van der Waals surface area contributed by atoms with Crippen molar-refractivity contribution < 1.29 is 31.4 Å². The summed E-state index contributed by atoms with van der Waals surface area (Å²) in [6, 6.07) is 8.30. The molecule has 2 fully saturated rings. The molecule has 1 aromatic carbocycles. The van der Waals surface area contributed by atoms with Gasteiger partial charge < -0.3 is 10.0 Å². The third-order valence-corrected chi connectivity index (χ3v) is 5.22. The van der Waals surface area contributed by atoms with E-state index in [2.05, 4.69) is 5.10 Å². The van der Waals surface area contributed by atoms with Crippen LogP contribution in [-0.2, 0) is 30.0 Å². The van der Waals surface area contributed by atoms with Crippen LogP contribution in [-0.4, -0.2) is 44.9 Å². The Morgan fingerprint density at radius 2 is 1.66 bits per heavy atom. The maximum Gasteiger partial charge on any atom is 2.00 e. The molecule has 10 radical (unpaired) electrons. The predicted molar refractivity (Wildman–Crippen MR) is 115 cm³/mol. The van der Waals surface area contributed by atoms with Crippen LogP contribution in [0.5, 0.6) is 0 Å². The van der Waals surface area contributed by atoms with Crippen LogP contribution >= 0.6 is 0 Å². The van der Waals surface area contributed by atoms with Crippen LogP contribution < -0.4 is 0 Å². The van der Waals surface area contributed by atoms with Crippen molar-refractivity contribution in [2.45, 2.75) is 19.1 Å². The second-order valence-corrected chi connectivity index (χ2v) is 7.48. The molecule has 3 aliphatic rings. The first-order valence-electron chi connectivity index (χ1n) is 10.3. The Morgan fingerprint density at radius 3 is 2.31 bits per heavy atom. The standard InChI is InChI=1S/C20H19FN3O2.C5H5.Fe/c21-17-8-4-3-5-14(17)9-10-23-12-16(25)13-24-19(20(23)26)11-18(22-24)15-6-1-2-7-15;1-2-4-5-3-1;/h1-8,11,16,25H,9-10,12-13H2;1-5H;/q;;+2/t16-;;/m1../s1. The Kier molecular flexibility index (Phi) is 9.33. The van der Waals surface area contributed by atoms with Crippen molar-refractivity contribution in [2.24, 2.45) is 0 Å². The van der Waals surface area contributed by atoms with E-state index in [9.17, 15) is 14.3 Å². The summed E-state index contributed by atoms with van der Waals surface area (Å²) in [5.41, 5.74) is 1.72. The minimum absolute atomic E-state index is 0. The Hall–Kier alpha value is -1.69. The molecule has 5 rings (SSSR count). The third-order valence-electron chi connectivity index (χ3n) is 5.22. The first-order valence-corrected chi connectivity index (χ1v) is 10.3. The summed E-state index contributed by atoms with van der Waals surface area (Å²) >= 11 is 0. The van der Waals surface area contributed by atoms with E-state index in [0.29, 0.717) is 29.9 Å². The Labute approximate surface area is 200 Å². The number of aromatic nitrogens is 2. The summed E-state index contributed by atoms with van der Waals surface area (Å²) in [7, 11) is 0. The number of hydrogen-bond donors (Lipinski definition) is 1. The zero-order chi connectivity index (χ0) is 21.6. The normalized spacial score (nSPS) is 20.9. The number of fused-ring (bicyclic) bond motifs is 1. The van der Waals surface area contributed by atoms with E-state index in [1.807, 2.05) is 57.8 Å². The van der Waals surface area contributed by atoms with Gasteiger partial charge in [-0.15, -0.1) is 0 Å². The first-order chi connectivity index (χ1) is 15.1. The zero-order valence-corrected chi connectivity index (χ0v) is 18.5. The van der Waals surface area contributed by atoms with Gasteiger partial charge in [-0.25, -0.2) is 4.39 Å². The molecule has 32 heavy (non-hydrogen) atoms. The molecule has 2 aliphatic carbocycles. The maximum atomic E-state index is 13.8. The summed E-state index contributed by atoms with van der Waals surface area (Å²) in [6.45, 7) is 0.814. The number of nitrogens with zero attached hydrogens (tertiary/aromatic N) is 3. The van der Waals surface area contributed by atoms with Crippen LogP contribution in [0.2, 0.25) is 0 Å². The molecule has 2 heterocycles. The molecular formula is C25H24FFeN3O2+2. The fourth-order valence-electron chi connectivity index (χ4n) is 3.64. The predicted octanol–water partition coefficient (Wildman–Crippen LogP) is 2.85. The summed E-state index contributed by atoms with van der Waals surface area (Å²) in [5, 5.41) is 14.8. The van der Waals surface area contributed by atoms with Crippen LogP contribution in [0.4, 0.5) is 4.39 Å². The molecule has 164 valence electrons. The first kappa shape index (κ1) is 24.9. The number of β-amino-alcohol motifs (C(OH)–C–C–N with tert-alkyl or cyclic N) is 1. The van der Waals surface area contributed by atoms with E-state index < -0.39 is 6.10 Å². The number of carbonyl (C=O) groups excluding carboxylic acids is 1. The van der Waals surface area contributed by atoms with Crippen molar-refractivity contribution >= 4 is 5.91 Å². The van der Waals surface area contributed by atoms with Crippen LogP contribution in [0.25, 0.3) is 0 Å². The average molecular weight is 473 g/mol. The molecule has 1 aromatic heterocycles. The van der Waals surface area contributed by atoms with Gasteiger partial charge in [-0.3, -0.25) is 9.48 Å². The van der Waals surface area contributed by atoms with Crippen molar-refractivity contribution in [3.05, 3.63) is 117 Å². The van der Waals surface area contributed by atoms with Gasteiger partial charge in [0.1, 0.15) is 11.5 Å². The van der Waals surface area contributed by atoms with Crippen LogP contribution in [0.1, 0.15) is 21.7 Å². The Morgan fingerprint density at radius 1 is 1.00 bits per heavy atom. The number of halogens is 1. The SMILES string of the molecule is O=C1c2cc([C]3[CH][CH][CH][CH]3)nn2C[C@H](O)CN1CCc1ccccc1F.[CH]1[CH][CH][CH][CH]1.[Fe+2]. The molecule has 5 nitrogen and oxygen atoms in total. The van der Waals surface area contributed by atoms with Crippen molar-refractivity contribution in [3.8, 4) is 0 Å². The Bertz CT molecular complexity index is 870. The van der Waals surface area contributed by atoms with E-state index in [-0.39, 0.29) is 41.9 Å². The molecule has 1 aliphatic heterocycles. The van der Waals surface area contributed by atoms with Crippen LogP contribution in [0.3, 0.4) is 0 Å². The minimum Gasteiger partial charge on any atom is -0.389 e. The summed E-state index contributed by atoms with van der Waals surface area (Å²) in [6.07, 6.45) is 17.4. The molecule has 2 saturated carbocycles. The van der Waals surface area contributed by atoms with E-state index in [4.69, 9.17) is 0 Å². The van der Waals surface area contributed by atoms with Gasteiger partial charge in [0.05, 0.1) is 18.3 Å². The number of rotatable bonds is 4. The molecule has 0 saturated heterocycles. The number of aliphatic hydroxyl groups excluding tert-OH is 1. The second-order valence-electron chi connectivity index (χ2n) is 7.48. The van der Waals surface area contributed by atoms with Gasteiger partial charge in [-0.1, -0.05) is 18.2 Å². The Balaban J connectivity index is 0.000000427. The molecule has 1 N–H and O–H groups in total. The van der Waals surface area contributed by atoms with Crippen molar-refractivity contribution in [2.75, 3.05) is 13.1 Å². The number of aliphatic hydroxyl groups is 1. The van der Waals surface area contributed by atoms with E-state index in [0.717, 1.165) is 5.92 Å². The van der Waals surface area contributed by atoms with Crippen LogP contribution in [0.15, 0.2) is 30.3 Å². The van der Waals surface area contributed by atoms with Gasteiger partial charge >= 0.3 is 17.1 Å². The van der Waals surface area contributed by atoms with Gasteiger partial charge in [0.2, 0.25) is 0 Å². The number of benzene rings is 1. The minimum atomic E-state index is -0.715. The number of hydrogen-bond acceptors (Lipinski definition) is 3. The van der Waals surface area contributed by atoms with Gasteiger partial charge in [0.15, 0.2) is 0 Å². The van der Waals surface area contributed by atoms with Crippen molar-refractivity contribution in [3.63, 3.8) is 0 Å². The van der Waals surface area contributed by atoms with Crippen LogP contribution in [0, 0.1) is 69.5 Å². The largest absolute Gasteiger partial charge is 2.00 e. The molecule has 2 aromatic rings. The third kappa shape index (κ3) is 6.21. The summed E-state index contributed by atoms with van der Waals surface area (Å²) in [4.78, 5) is 14.5. The molecule has 0 bridgehead atoms. The van der Waals surface area contributed by atoms with Gasteiger partial charge in [0, 0.05) is 19.0 Å². The topological polar surface area (TPSA) is 58.4 Å². The molecule has 1 atom stereocenters. The monoisotopic (exact) mass is 473 g/mol. The maximum absolute atomic E-state index is 13.8. The summed E-state index contributed by atoms with van der Waals surface area (Å²) < 4.78 is 15.4. The second kappa shape index (κ2) is 12.0. The van der Waals surface area contributed by atoms with Gasteiger partial charge in [-0.2, -0.15) is 5.10 Å². The molecule has 1 amide bonds. The van der Waals surface area contributed by atoms with E-state index in [1.165, 1.54) is 6.07 Å². The average Bonchev–Trinajstić information content (AvgIpc) is 3.54. The van der Waals surface area contributed by atoms with Crippen molar-refractivity contribution in [1.29, 1.82) is 0 Å². The van der Waals surface area contributed by atoms with E-state index in [1.54, 1.807) is 33.8 Å². The number of carbonyl (C=O) groups is 1. The molecule has 0 spiro atoms. The molecular weight excluding hydrogens is 449 g/mol. The molecule has 0 unspecified atom stereocenters. The molecule has 7 heteroatoms. The smallest absolute Gasteiger partial charge is 0.389 e.